The maximum Gasteiger partial charge on any atom is 0.350 e. The van der Waals surface area contributed by atoms with Gasteiger partial charge in [0, 0.05) is 5.56 Å². The molecule has 1 aliphatic rings. The Labute approximate surface area is 242 Å². The number of aliphatic hydroxyl groups is 1. The Morgan fingerprint density at radius 3 is 2.39 bits per heavy atom. The summed E-state index contributed by atoms with van der Waals surface area (Å²) in [7, 11) is 2.97. The van der Waals surface area contributed by atoms with E-state index in [0.29, 0.717) is 40.7 Å². The highest BCUT2D eigenvalue weighted by Crippen LogP contribution is 2.45. The number of carbonyl (C=O) groups excluding carboxylic acids is 3. The first-order valence-electron chi connectivity index (χ1n) is 13.2. The minimum Gasteiger partial charge on any atom is -0.507 e. The second-order valence-electron chi connectivity index (χ2n) is 9.14. The predicted octanol–water partition coefficient (Wildman–Crippen LogP) is 5.45. The van der Waals surface area contributed by atoms with Gasteiger partial charge in [0.05, 0.1) is 44.7 Å². The van der Waals surface area contributed by atoms with Gasteiger partial charge in [-0.2, -0.15) is 0 Å². The number of unbranched alkanes of at least 4 members (excludes halogenated alkanes) is 1. The van der Waals surface area contributed by atoms with Gasteiger partial charge < -0.3 is 24.1 Å². The molecule has 1 fully saturated rings. The number of thiazole rings is 1. The molecule has 0 unspecified atom stereocenters. The lowest BCUT2D eigenvalue weighted by Gasteiger charge is -2.23. The van der Waals surface area contributed by atoms with Crippen LogP contribution in [0.5, 0.6) is 17.2 Å². The normalized spacial score (nSPS) is 16.1. The summed E-state index contributed by atoms with van der Waals surface area (Å²) in [6.45, 7) is 6.11. The fourth-order valence-corrected chi connectivity index (χ4v) is 5.43. The van der Waals surface area contributed by atoms with Crippen LogP contribution >= 0.6 is 11.3 Å². The fourth-order valence-electron chi connectivity index (χ4n) is 4.44. The molecule has 216 valence electrons. The first kappa shape index (κ1) is 29.6. The molecular weight excluding hydrogens is 548 g/mol. The molecule has 0 radical (unpaired) electrons. The maximum absolute atomic E-state index is 13.5. The zero-order chi connectivity index (χ0) is 29.7. The van der Waals surface area contributed by atoms with Gasteiger partial charge in [-0.3, -0.25) is 14.5 Å². The lowest BCUT2D eigenvalue weighted by Crippen LogP contribution is -2.29. The summed E-state index contributed by atoms with van der Waals surface area (Å²) in [6.07, 6.45) is 1.90. The van der Waals surface area contributed by atoms with Crippen LogP contribution in [0.25, 0.3) is 5.76 Å². The molecule has 4 rings (SSSR count). The van der Waals surface area contributed by atoms with Crippen LogP contribution in [0.2, 0.25) is 0 Å². The average Bonchev–Trinajstić information content (AvgIpc) is 3.49. The summed E-state index contributed by atoms with van der Waals surface area (Å²) in [4.78, 5) is 45.4. The van der Waals surface area contributed by atoms with E-state index in [1.54, 1.807) is 56.3 Å². The van der Waals surface area contributed by atoms with Crippen molar-refractivity contribution >= 4 is 39.9 Å². The number of aromatic nitrogens is 1. The van der Waals surface area contributed by atoms with E-state index in [2.05, 4.69) is 11.9 Å². The van der Waals surface area contributed by atoms with Crippen LogP contribution in [0.4, 0.5) is 5.13 Å². The molecule has 0 spiro atoms. The second kappa shape index (κ2) is 12.9. The number of hydrogen-bond donors (Lipinski definition) is 1. The monoisotopic (exact) mass is 580 g/mol. The molecule has 2 heterocycles. The number of nitrogens with zero attached hydrogens (tertiary/aromatic N) is 2. The van der Waals surface area contributed by atoms with Crippen molar-refractivity contribution in [1.82, 2.24) is 4.98 Å². The second-order valence-corrected chi connectivity index (χ2v) is 10.1. The smallest absolute Gasteiger partial charge is 0.350 e. The average molecular weight is 581 g/mol. The van der Waals surface area contributed by atoms with E-state index in [1.165, 1.54) is 19.1 Å². The summed E-state index contributed by atoms with van der Waals surface area (Å²) in [5, 5.41) is 11.6. The topological polar surface area (TPSA) is 124 Å². The van der Waals surface area contributed by atoms with Gasteiger partial charge in [0.2, 0.25) is 0 Å². The van der Waals surface area contributed by atoms with Crippen molar-refractivity contribution in [3.8, 4) is 17.2 Å². The highest BCUT2D eigenvalue weighted by Gasteiger charge is 2.48. The van der Waals surface area contributed by atoms with Crippen LogP contribution in [-0.2, 0) is 14.3 Å². The third-order valence-corrected chi connectivity index (χ3v) is 7.65. The molecule has 1 atom stereocenters. The Kier molecular flexibility index (Phi) is 9.28. The third-order valence-electron chi connectivity index (χ3n) is 6.51. The molecule has 11 heteroatoms. The highest BCUT2D eigenvalue weighted by molar-refractivity contribution is 7.17. The number of methoxy groups -OCH3 is 2. The number of aliphatic hydroxyl groups excluding tert-OH is 1. The SMILES string of the molecule is CCCCOc1ccc(C(O)=C2C(=O)C(=O)N(c3nc(C)c(C(=O)OCC)s3)[C@H]2c2ccc(OC)c(OC)c2)cc1. The van der Waals surface area contributed by atoms with Gasteiger partial charge in [-0.05, 0) is 62.2 Å². The van der Waals surface area contributed by atoms with E-state index < -0.39 is 23.7 Å². The fraction of sp³-hybridized carbons (Fsp3) is 0.333. The van der Waals surface area contributed by atoms with Crippen LogP contribution < -0.4 is 19.1 Å². The molecule has 41 heavy (non-hydrogen) atoms. The summed E-state index contributed by atoms with van der Waals surface area (Å²) in [6, 6.07) is 10.5. The molecule has 0 aliphatic carbocycles. The van der Waals surface area contributed by atoms with Gasteiger partial charge in [-0.25, -0.2) is 9.78 Å². The van der Waals surface area contributed by atoms with E-state index in [1.807, 2.05) is 0 Å². The van der Waals surface area contributed by atoms with Crippen LogP contribution in [0.15, 0.2) is 48.0 Å². The predicted molar refractivity (Wildman–Crippen MR) is 154 cm³/mol. The van der Waals surface area contributed by atoms with Crippen molar-refractivity contribution < 1.29 is 38.4 Å². The van der Waals surface area contributed by atoms with Crippen molar-refractivity contribution in [2.24, 2.45) is 0 Å². The Morgan fingerprint density at radius 1 is 1.05 bits per heavy atom. The lowest BCUT2D eigenvalue weighted by atomic mass is 9.95. The largest absolute Gasteiger partial charge is 0.507 e. The molecule has 0 saturated carbocycles. The number of esters is 1. The molecule has 3 aromatic rings. The van der Waals surface area contributed by atoms with Crippen LogP contribution in [-0.4, -0.2) is 55.2 Å². The number of aryl methyl sites for hydroxylation is 1. The molecule has 0 bridgehead atoms. The van der Waals surface area contributed by atoms with E-state index in [-0.39, 0.29) is 27.9 Å². The van der Waals surface area contributed by atoms with Crippen LogP contribution in [0.3, 0.4) is 0 Å². The zero-order valence-electron chi connectivity index (χ0n) is 23.6. The van der Waals surface area contributed by atoms with E-state index in [0.717, 1.165) is 24.2 Å². The standard InChI is InChI=1S/C30H32N2O8S/c1-6-8-15-40-20-12-9-18(10-13-20)25(33)23-24(19-11-14-21(37-4)22(16-19)38-5)32(28(35)26(23)34)30-31-17(3)27(41-30)29(36)39-7-2/h9-14,16,24,33H,6-8,15H2,1-5H3/t24-/m0/s1. The van der Waals surface area contributed by atoms with E-state index in [4.69, 9.17) is 18.9 Å². The molecule has 1 aliphatic heterocycles. The summed E-state index contributed by atoms with van der Waals surface area (Å²) in [5.74, 6) is -1.28. The maximum atomic E-state index is 13.5. The Morgan fingerprint density at radius 2 is 1.76 bits per heavy atom. The number of Topliss-reactive ketones (excluding diaryl/α,β-unsaturated/α-hetero) is 1. The van der Waals surface area contributed by atoms with Crippen molar-refractivity contribution in [3.63, 3.8) is 0 Å². The minimum atomic E-state index is -1.07. The van der Waals surface area contributed by atoms with Crippen LogP contribution in [0.1, 0.15) is 59.2 Å². The summed E-state index contributed by atoms with van der Waals surface area (Å²) in [5.41, 5.74) is 1.02. The Bertz CT molecular complexity index is 1480. The Hall–Kier alpha value is -4.38. The first-order chi connectivity index (χ1) is 19.7. The van der Waals surface area contributed by atoms with Crippen molar-refractivity contribution in [1.29, 1.82) is 0 Å². The Balaban J connectivity index is 1.86. The summed E-state index contributed by atoms with van der Waals surface area (Å²) < 4.78 is 21.7. The first-order valence-corrected chi connectivity index (χ1v) is 14.0. The number of anilines is 1. The minimum absolute atomic E-state index is 0.117. The number of carbonyl (C=O) groups is 3. The summed E-state index contributed by atoms with van der Waals surface area (Å²) >= 11 is 0.938. The van der Waals surface area contributed by atoms with Crippen LogP contribution in [0, 0.1) is 6.92 Å². The van der Waals surface area contributed by atoms with Crippen molar-refractivity contribution in [2.75, 3.05) is 32.3 Å². The van der Waals surface area contributed by atoms with Crippen molar-refractivity contribution in [3.05, 3.63) is 69.7 Å². The van der Waals surface area contributed by atoms with Gasteiger partial charge in [0.25, 0.3) is 5.78 Å². The van der Waals surface area contributed by atoms with Gasteiger partial charge in [0.1, 0.15) is 16.4 Å². The quantitative estimate of drug-likeness (QED) is 0.104. The number of amides is 1. The molecule has 2 aromatic carbocycles. The molecule has 1 aromatic heterocycles. The molecule has 1 saturated heterocycles. The van der Waals surface area contributed by atoms with Crippen molar-refractivity contribution in [2.45, 2.75) is 39.7 Å². The molecular formula is C30H32N2O8S. The lowest BCUT2D eigenvalue weighted by molar-refractivity contribution is -0.132. The molecule has 10 nitrogen and oxygen atoms in total. The van der Waals surface area contributed by atoms with Gasteiger partial charge in [0.15, 0.2) is 16.6 Å². The van der Waals surface area contributed by atoms with Gasteiger partial charge in [-0.1, -0.05) is 30.7 Å². The number of rotatable bonds is 11. The highest BCUT2D eigenvalue weighted by atomic mass is 32.1. The zero-order valence-corrected chi connectivity index (χ0v) is 24.4. The number of hydrogen-bond acceptors (Lipinski definition) is 10. The van der Waals surface area contributed by atoms with Gasteiger partial charge >= 0.3 is 11.9 Å². The number of ether oxygens (including phenoxy) is 4. The number of benzene rings is 2. The molecule has 1 amide bonds. The van der Waals surface area contributed by atoms with E-state index in [9.17, 15) is 19.5 Å². The third kappa shape index (κ3) is 5.90. The van der Waals surface area contributed by atoms with Gasteiger partial charge in [-0.15, -0.1) is 0 Å². The molecule has 1 N–H and O–H groups in total. The van der Waals surface area contributed by atoms with E-state index >= 15 is 0 Å². The number of ketones is 1.